The van der Waals surface area contributed by atoms with Gasteiger partial charge in [-0.25, -0.2) is 0 Å². The number of benzene rings is 1. The van der Waals surface area contributed by atoms with Gasteiger partial charge in [0.1, 0.15) is 5.69 Å². The first-order valence-electron chi connectivity index (χ1n) is 5.23. The quantitative estimate of drug-likeness (QED) is 0.693. The molecule has 1 aromatic heterocycles. The van der Waals surface area contributed by atoms with Crippen LogP contribution in [0.4, 0.5) is 24.5 Å². The van der Waals surface area contributed by atoms with Crippen molar-refractivity contribution in [3.05, 3.63) is 45.0 Å². The second-order valence-electron chi connectivity index (χ2n) is 3.74. The smallest absolute Gasteiger partial charge is 0.374 e. The highest BCUT2D eigenvalue weighted by Crippen LogP contribution is 2.35. The van der Waals surface area contributed by atoms with Crippen molar-refractivity contribution >= 4 is 22.9 Å². The third kappa shape index (κ3) is 3.20. The molecule has 0 bridgehead atoms. The van der Waals surface area contributed by atoms with Gasteiger partial charge in [0.15, 0.2) is 0 Å². The first-order valence-corrected chi connectivity index (χ1v) is 6.07. The molecule has 0 saturated heterocycles. The van der Waals surface area contributed by atoms with E-state index in [1.165, 1.54) is 0 Å². The van der Waals surface area contributed by atoms with E-state index >= 15 is 0 Å². The summed E-state index contributed by atoms with van der Waals surface area (Å²) in [5.74, 6) is 0. The standard InChI is InChI=1S/C10H7F3N4O2S/c11-10(12,13)6-1-2-8(9(3-6)17(18)19)14-4-7-5-20-16-15-7/h1-3,5,14H,4H2. The number of nitro groups is 1. The van der Waals surface area contributed by atoms with E-state index in [-0.39, 0.29) is 12.2 Å². The monoisotopic (exact) mass is 304 g/mol. The van der Waals surface area contributed by atoms with Gasteiger partial charge in [-0.1, -0.05) is 4.49 Å². The van der Waals surface area contributed by atoms with Crippen molar-refractivity contribution in [3.63, 3.8) is 0 Å². The average Bonchev–Trinajstić information content (AvgIpc) is 2.88. The molecule has 106 valence electrons. The molecule has 10 heteroatoms. The summed E-state index contributed by atoms with van der Waals surface area (Å²) in [7, 11) is 0. The highest BCUT2D eigenvalue weighted by Gasteiger charge is 2.33. The molecule has 1 N–H and O–H groups in total. The Morgan fingerprint density at radius 2 is 2.15 bits per heavy atom. The molecule has 20 heavy (non-hydrogen) atoms. The van der Waals surface area contributed by atoms with E-state index in [0.717, 1.165) is 23.7 Å². The van der Waals surface area contributed by atoms with Crippen LogP contribution in [0.1, 0.15) is 11.3 Å². The molecule has 0 radical (unpaired) electrons. The van der Waals surface area contributed by atoms with Gasteiger partial charge in [0.25, 0.3) is 5.69 Å². The van der Waals surface area contributed by atoms with E-state index in [0.29, 0.717) is 11.8 Å². The van der Waals surface area contributed by atoms with Crippen LogP contribution in [0.3, 0.4) is 0 Å². The van der Waals surface area contributed by atoms with E-state index in [1.54, 1.807) is 5.38 Å². The number of alkyl halides is 3. The highest BCUT2D eigenvalue weighted by molar-refractivity contribution is 7.03. The molecule has 0 saturated carbocycles. The maximum Gasteiger partial charge on any atom is 0.416 e. The molecule has 0 fully saturated rings. The fourth-order valence-corrected chi connectivity index (χ4v) is 1.91. The number of rotatable bonds is 4. The Hall–Kier alpha value is -2.23. The molecule has 2 aromatic rings. The number of hydrogen-bond donors (Lipinski definition) is 1. The lowest BCUT2D eigenvalue weighted by molar-refractivity contribution is -0.384. The Morgan fingerprint density at radius 3 is 2.70 bits per heavy atom. The number of halogens is 3. The number of anilines is 1. The molecule has 1 aromatic carbocycles. The summed E-state index contributed by atoms with van der Waals surface area (Å²) in [6.45, 7) is 0.142. The van der Waals surface area contributed by atoms with Crippen LogP contribution >= 0.6 is 11.5 Å². The predicted octanol–water partition coefficient (Wildman–Crippen LogP) is 3.08. The van der Waals surface area contributed by atoms with E-state index in [1.807, 2.05) is 0 Å². The molecular weight excluding hydrogens is 297 g/mol. The zero-order chi connectivity index (χ0) is 14.8. The minimum atomic E-state index is -4.62. The minimum Gasteiger partial charge on any atom is -0.374 e. The van der Waals surface area contributed by atoms with E-state index in [2.05, 4.69) is 14.9 Å². The number of hydrogen-bond acceptors (Lipinski definition) is 6. The van der Waals surface area contributed by atoms with Gasteiger partial charge >= 0.3 is 6.18 Å². The van der Waals surface area contributed by atoms with E-state index in [4.69, 9.17) is 0 Å². The normalized spacial score (nSPS) is 11.3. The van der Waals surface area contributed by atoms with Crippen LogP contribution in [0.2, 0.25) is 0 Å². The number of nitro benzene ring substituents is 1. The van der Waals surface area contributed by atoms with Gasteiger partial charge in [0.05, 0.1) is 22.7 Å². The Bertz CT molecular complexity index is 615. The van der Waals surface area contributed by atoms with Crippen LogP contribution < -0.4 is 5.32 Å². The lowest BCUT2D eigenvalue weighted by Gasteiger charge is -2.09. The number of nitrogens with one attached hydrogen (secondary N) is 1. The van der Waals surface area contributed by atoms with E-state index < -0.39 is 22.4 Å². The van der Waals surface area contributed by atoms with Gasteiger partial charge in [-0.15, -0.1) is 5.10 Å². The Kier molecular flexibility index (Phi) is 3.84. The van der Waals surface area contributed by atoms with Crippen LogP contribution in [0.25, 0.3) is 0 Å². The molecule has 0 atom stereocenters. The average molecular weight is 304 g/mol. The molecule has 0 unspecified atom stereocenters. The number of aromatic nitrogens is 2. The van der Waals surface area contributed by atoms with Crippen molar-refractivity contribution < 1.29 is 18.1 Å². The molecule has 0 amide bonds. The molecule has 6 nitrogen and oxygen atoms in total. The maximum atomic E-state index is 12.5. The van der Waals surface area contributed by atoms with Gasteiger partial charge in [-0.2, -0.15) is 13.2 Å². The summed E-state index contributed by atoms with van der Waals surface area (Å²) in [6.07, 6.45) is -4.62. The summed E-state index contributed by atoms with van der Waals surface area (Å²) < 4.78 is 41.1. The first kappa shape index (κ1) is 14.2. The molecular formula is C10H7F3N4O2S. The largest absolute Gasteiger partial charge is 0.416 e. The lowest BCUT2D eigenvalue weighted by Crippen LogP contribution is -2.08. The SMILES string of the molecule is O=[N+]([O-])c1cc(C(F)(F)F)ccc1NCc1csnn1. The fraction of sp³-hybridized carbons (Fsp3) is 0.200. The van der Waals surface area contributed by atoms with Crippen LogP contribution in [-0.2, 0) is 12.7 Å². The summed E-state index contributed by atoms with van der Waals surface area (Å²) in [5.41, 5.74) is -1.16. The minimum absolute atomic E-state index is 0.00370. The van der Waals surface area contributed by atoms with Gasteiger partial charge in [0, 0.05) is 11.4 Å². The molecule has 0 aliphatic carbocycles. The Balaban J connectivity index is 2.26. The van der Waals surface area contributed by atoms with Crippen LogP contribution in [-0.4, -0.2) is 14.5 Å². The molecule has 1 heterocycles. The zero-order valence-corrected chi connectivity index (χ0v) is 10.5. The fourth-order valence-electron chi connectivity index (χ4n) is 1.46. The summed E-state index contributed by atoms with van der Waals surface area (Å²) >= 11 is 1.11. The van der Waals surface area contributed by atoms with Gasteiger partial charge in [-0.05, 0) is 23.7 Å². The molecule has 0 aliphatic heterocycles. The van der Waals surface area contributed by atoms with Crippen LogP contribution in [0.5, 0.6) is 0 Å². The van der Waals surface area contributed by atoms with Crippen molar-refractivity contribution in [3.8, 4) is 0 Å². The molecule has 2 rings (SSSR count). The van der Waals surface area contributed by atoms with Crippen molar-refractivity contribution in [1.29, 1.82) is 0 Å². The third-order valence-electron chi connectivity index (χ3n) is 2.39. The topological polar surface area (TPSA) is 81.0 Å². The summed E-state index contributed by atoms with van der Waals surface area (Å²) in [5, 5.41) is 18.9. The second-order valence-corrected chi connectivity index (χ2v) is 4.35. The first-order chi connectivity index (χ1) is 9.38. The lowest BCUT2D eigenvalue weighted by atomic mass is 10.1. The highest BCUT2D eigenvalue weighted by atomic mass is 32.1. The molecule has 0 spiro atoms. The second kappa shape index (κ2) is 5.41. The van der Waals surface area contributed by atoms with Crippen molar-refractivity contribution in [2.75, 3.05) is 5.32 Å². The van der Waals surface area contributed by atoms with Crippen molar-refractivity contribution in [1.82, 2.24) is 9.59 Å². The van der Waals surface area contributed by atoms with Crippen molar-refractivity contribution in [2.45, 2.75) is 12.7 Å². The van der Waals surface area contributed by atoms with Gasteiger partial charge in [0.2, 0.25) is 0 Å². The zero-order valence-electron chi connectivity index (χ0n) is 9.72. The van der Waals surface area contributed by atoms with Crippen molar-refractivity contribution in [2.24, 2.45) is 0 Å². The predicted molar refractivity (Wildman–Crippen MR) is 65.3 cm³/mol. The Labute approximate surface area is 114 Å². The van der Waals surface area contributed by atoms with Gasteiger partial charge < -0.3 is 5.32 Å². The van der Waals surface area contributed by atoms with Gasteiger partial charge in [-0.3, -0.25) is 10.1 Å². The summed E-state index contributed by atoms with van der Waals surface area (Å²) in [6, 6.07) is 2.32. The van der Waals surface area contributed by atoms with E-state index in [9.17, 15) is 23.3 Å². The van der Waals surface area contributed by atoms with Crippen LogP contribution in [0, 0.1) is 10.1 Å². The summed E-state index contributed by atoms with van der Waals surface area (Å²) in [4.78, 5) is 9.97. The third-order valence-corrected chi connectivity index (χ3v) is 2.94. The van der Waals surface area contributed by atoms with Crippen LogP contribution in [0.15, 0.2) is 23.6 Å². The number of nitrogens with zero attached hydrogens (tertiary/aromatic N) is 3. The maximum absolute atomic E-state index is 12.5. The Morgan fingerprint density at radius 1 is 1.40 bits per heavy atom. The molecule has 0 aliphatic rings.